The van der Waals surface area contributed by atoms with Crippen LogP contribution < -0.4 is 5.32 Å². The Labute approximate surface area is 129 Å². The van der Waals surface area contributed by atoms with Crippen LogP contribution in [0.15, 0.2) is 45.8 Å². The standard InChI is InChI=1S/C15H14BrF2NS/c1-19-8-10-2-4-11(5-3-10)20-9-12-14(17)7-6-13(16)15(12)18/h2-7,19H,8-9H2,1H3. The molecule has 0 aliphatic rings. The van der Waals surface area contributed by atoms with Gasteiger partial charge in [-0.1, -0.05) is 12.1 Å². The largest absolute Gasteiger partial charge is 0.316 e. The maximum Gasteiger partial charge on any atom is 0.144 e. The van der Waals surface area contributed by atoms with Gasteiger partial charge in [0.2, 0.25) is 0 Å². The summed E-state index contributed by atoms with van der Waals surface area (Å²) >= 11 is 4.49. The summed E-state index contributed by atoms with van der Waals surface area (Å²) in [6, 6.07) is 10.6. The molecule has 0 bridgehead atoms. The Balaban J connectivity index is 2.07. The van der Waals surface area contributed by atoms with Crippen LogP contribution in [0.25, 0.3) is 0 Å². The van der Waals surface area contributed by atoms with Gasteiger partial charge in [-0.15, -0.1) is 11.8 Å². The molecule has 1 nitrogen and oxygen atoms in total. The second kappa shape index (κ2) is 7.20. The lowest BCUT2D eigenvalue weighted by atomic mass is 10.2. The van der Waals surface area contributed by atoms with E-state index in [9.17, 15) is 8.78 Å². The van der Waals surface area contributed by atoms with Crippen LogP contribution in [0.5, 0.6) is 0 Å². The molecule has 0 unspecified atom stereocenters. The van der Waals surface area contributed by atoms with E-state index in [2.05, 4.69) is 21.2 Å². The molecular formula is C15H14BrF2NS. The number of rotatable bonds is 5. The fourth-order valence-corrected chi connectivity index (χ4v) is 3.04. The number of hydrogen-bond donors (Lipinski definition) is 1. The smallest absolute Gasteiger partial charge is 0.144 e. The van der Waals surface area contributed by atoms with Gasteiger partial charge in [0.25, 0.3) is 0 Å². The van der Waals surface area contributed by atoms with E-state index in [1.54, 1.807) is 0 Å². The van der Waals surface area contributed by atoms with Gasteiger partial charge in [-0.05, 0) is 52.8 Å². The van der Waals surface area contributed by atoms with Crippen molar-refractivity contribution in [3.8, 4) is 0 Å². The molecule has 20 heavy (non-hydrogen) atoms. The molecule has 106 valence electrons. The topological polar surface area (TPSA) is 12.0 Å². The number of halogens is 3. The van der Waals surface area contributed by atoms with Crippen LogP contribution >= 0.6 is 27.7 Å². The summed E-state index contributed by atoms with van der Waals surface area (Å²) in [6.07, 6.45) is 0. The number of thioether (sulfide) groups is 1. The lowest BCUT2D eigenvalue weighted by molar-refractivity contribution is 0.562. The molecule has 1 N–H and O–H groups in total. The molecule has 0 radical (unpaired) electrons. The third-order valence-electron chi connectivity index (χ3n) is 2.83. The Morgan fingerprint density at radius 1 is 1.10 bits per heavy atom. The molecule has 2 aromatic carbocycles. The van der Waals surface area contributed by atoms with E-state index < -0.39 is 11.6 Å². The first-order chi connectivity index (χ1) is 9.61. The van der Waals surface area contributed by atoms with E-state index in [1.807, 2.05) is 31.3 Å². The summed E-state index contributed by atoms with van der Waals surface area (Å²) in [6.45, 7) is 0.805. The third-order valence-corrected chi connectivity index (χ3v) is 4.48. The number of benzene rings is 2. The first-order valence-corrected chi connectivity index (χ1v) is 7.88. The summed E-state index contributed by atoms with van der Waals surface area (Å²) in [5.74, 6) is -0.767. The van der Waals surface area contributed by atoms with E-state index in [4.69, 9.17) is 0 Å². The van der Waals surface area contributed by atoms with Crippen LogP contribution in [0.1, 0.15) is 11.1 Å². The molecule has 0 heterocycles. The van der Waals surface area contributed by atoms with Gasteiger partial charge in [-0.25, -0.2) is 8.78 Å². The van der Waals surface area contributed by atoms with Crippen molar-refractivity contribution in [2.24, 2.45) is 0 Å². The van der Waals surface area contributed by atoms with Gasteiger partial charge in [0.1, 0.15) is 11.6 Å². The van der Waals surface area contributed by atoms with Gasteiger partial charge in [0.05, 0.1) is 4.47 Å². The van der Waals surface area contributed by atoms with Crippen LogP contribution in [0, 0.1) is 11.6 Å². The van der Waals surface area contributed by atoms with E-state index in [1.165, 1.54) is 29.5 Å². The van der Waals surface area contributed by atoms with Gasteiger partial charge in [0.15, 0.2) is 0 Å². The van der Waals surface area contributed by atoms with E-state index in [0.717, 1.165) is 11.4 Å². The highest BCUT2D eigenvalue weighted by Crippen LogP contribution is 2.29. The maximum absolute atomic E-state index is 13.8. The van der Waals surface area contributed by atoms with Crippen molar-refractivity contribution in [3.63, 3.8) is 0 Å². The Morgan fingerprint density at radius 3 is 2.45 bits per heavy atom. The molecule has 0 atom stereocenters. The minimum absolute atomic E-state index is 0.101. The van der Waals surface area contributed by atoms with Gasteiger partial charge in [-0.3, -0.25) is 0 Å². The second-order valence-electron chi connectivity index (χ2n) is 4.28. The molecule has 5 heteroatoms. The van der Waals surface area contributed by atoms with Gasteiger partial charge in [0, 0.05) is 22.8 Å². The van der Waals surface area contributed by atoms with Gasteiger partial charge in [-0.2, -0.15) is 0 Å². The Hall–Kier alpha value is -0.910. The van der Waals surface area contributed by atoms with Crippen LogP contribution in [-0.2, 0) is 12.3 Å². The first kappa shape index (κ1) is 15.5. The maximum atomic E-state index is 13.8. The first-order valence-electron chi connectivity index (χ1n) is 6.10. The predicted molar refractivity (Wildman–Crippen MR) is 82.8 cm³/mol. The van der Waals surface area contributed by atoms with E-state index in [-0.39, 0.29) is 11.3 Å². The van der Waals surface area contributed by atoms with Crippen molar-refractivity contribution in [2.75, 3.05) is 7.05 Å². The zero-order valence-corrected chi connectivity index (χ0v) is 13.3. The highest BCUT2D eigenvalue weighted by atomic mass is 79.9. The number of hydrogen-bond acceptors (Lipinski definition) is 2. The van der Waals surface area contributed by atoms with Crippen molar-refractivity contribution in [1.29, 1.82) is 0 Å². The highest BCUT2D eigenvalue weighted by molar-refractivity contribution is 9.10. The number of nitrogens with one attached hydrogen (secondary N) is 1. The van der Waals surface area contributed by atoms with Crippen LogP contribution in [0.3, 0.4) is 0 Å². The quantitative estimate of drug-likeness (QED) is 0.612. The van der Waals surface area contributed by atoms with Crippen LogP contribution in [0.4, 0.5) is 8.78 Å². The summed E-state index contributed by atoms with van der Waals surface area (Å²) in [5, 5.41) is 3.07. The molecule has 0 fully saturated rings. The molecule has 0 saturated heterocycles. The summed E-state index contributed by atoms with van der Waals surface area (Å²) < 4.78 is 27.7. The lowest BCUT2D eigenvalue weighted by Gasteiger charge is -2.07. The third kappa shape index (κ3) is 3.81. The Morgan fingerprint density at radius 2 is 1.80 bits per heavy atom. The minimum Gasteiger partial charge on any atom is -0.316 e. The van der Waals surface area contributed by atoms with Crippen molar-refractivity contribution in [3.05, 3.63) is 63.6 Å². The summed E-state index contributed by atoms with van der Waals surface area (Å²) in [5.41, 5.74) is 1.28. The average Bonchev–Trinajstić information content (AvgIpc) is 2.45. The van der Waals surface area contributed by atoms with Gasteiger partial charge >= 0.3 is 0 Å². The zero-order valence-electron chi connectivity index (χ0n) is 10.9. The van der Waals surface area contributed by atoms with Crippen LogP contribution in [0.2, 0.25) is 0 Å². The normalized spacial score (nSPS) is 10.8. The molecule has 0 saturated carbocycles. The molecular weight excluding hydrogens is 344 g/mol. The summed E-state index contributed by atoms with van der Waals surface area (Å²) in [4.78, 5) is 0.989. The van der Waals surface area contributed by atoms with Crippen molar-refractivity contribution < 1.29 is 8.78 Å². The Kier molecular flexibility index (Phi) is 5.57. The highest BCUT2D eigenvalue weighted by Gasteiger charge is 2.12. The molecule has 0 aromatic heterocycles. The van der Waals surface area contributed by atoms with Crippen molar-refractivity contribution >= 4 is 27.7 Å². The van der Waals surface area contributed by atoms with Crippen LogP contribution in [-0.4, -0.2) is 7.05 Å². The molecule has 0 aliphatic carbocycles. The summed E-state index contributed by atoms with van der Waals surface area (Å²) in [7, 11) is 1.89. The second-order valence-corrected chi connectivity index (χ2v) is 6.19. The fourth-order valence-electron chi connectivity index (χ4n) is 1.76. The average molecular weight is 358 g/mol. The fraction of sp³-hybridized carbons (Fsp3) is 0.200. The SMILES string of the molecule is CNCc1ccc(SCc2c(F)ccc(Br)c2F)cc1. The zero-order chi connectivity index (χ0) is 14.5. The molecule has 0 amide bonds. The minimum atomic E-state index is -0.524. The molecule has 2 rings (SSSR count). The van der Waals surface area contributed by atoms with E-state index in [0.29, 0.717) is 4.47 Å². The predicted octanol–water partition coefficient (Wildman–Crippen LogP) is 4.74. The van der Waals surface area contributed by atoms with E-state index >= 15 is 0 Å². The lowest BCUT2D eigenvalue weighted by Crippen LogP contribution is -2.04. The van der Waals surface area contributed by atoms with Crippen molar-refractivity contribution in [1.82, 2.24) is 5.32 Å². The van der Waals surface area contributed by atoms with Crippen molar-refractivity contribution in [2.45, 2.75) is 17.2 Å². The molecule has 2 aromatic rings. The molecule has 0 aliphatic heterocycles. The molecule has 0 spiro atoms. The monoisotopic (exact) mass is 357 g/mol. The Bertz CT molecular complexity index is 587. The van der Waals surface area contributed by atoms with Gasteiger partial charge < -0.3 is 5.32 Å².